The number of benzene rings is 1. The van der Waals surface area contributed by atoms with Crippen LogP contribution in [-0.4, -0.2) is 25.5 Å². The van der Waals surface area contributed by atoms with Crippen molar-refractivity contribution in [1.82, 2.24) is 5.32 Å². The molecular formula is C15H17NO3. The van der Waals surface area contributed by atoms with Crippen LogP contribution >= 0.6 is 0 Å². The van der Waals surface area contributed by atoms with Crippen LogP contribution in [0.4, 0.5) is 0 Å². The van der Waals surface area contributed by atoms with Gasteiger partial charge in [-0.25, -0.2) is 0 Å². The van der Waals surface area contributed by atoms with Crippen LogP contribution in [0.5, 0.6) is 0 Å². The number of amides is 1. The first kappa shape index (κ1) is 14.8. The van der Waals surface area contributed by atoms with Gasteiger partial charge in [-0.2, -0.15) is 0 Å². The second-order valence-electron chi connectivity index (χ2n) is 3.94. The zero-order chi connectivity index (χ0) is 14.1. The maximum absolute atomic E-state index is 11.1. The van der Waals surface area contributed by atoms with Gasteiger partial charge in [0.15, 0.2) is 0 Å². The molecular weight excluding hydrogens is 242 g/mol. The van der Waals surface area contributed by atoms with E-state index in [2.05, 4.69) is 21.9 Å². The number of aryl methyl sites for hydroxylation is 1. The summed E-state index contributed by atoms with van der Waals surface area (Å²) < 4.78 is 4.61. The van der Waals surface area contributed by atoms with Crippen molar-refractivity contribution in [2.24, 2.45) is 0 Å². The molecule has 1 amide bonds. The average Bonchev–Trinajstić information content (AvgIpc) is 2.41. The summed E-state index contributed by atoms with van der Waals surface area (Å²) in [6.45, 7) is 1.77. The van der Waals surface area contributed by atoms with E-state index in [-0.39, 0.29) is 11.9 Å². The van der Waals surface area contributed by atoms with E-state index >= 15 is 0 Å². The minimum absolute atomic E-state index is 0.103. The number of nitrogens with one attached hydrogen (secondary N) is 1. The van der Waals surface area contributed by atoms with Gasteiger partial charge in [0.2, 0.25) is 5.91 Å². The molecule has 19 heavy (non-hydrogen) atoms. The van der Waals surface area contributed by atoms with Gasteiger partial charge in [0.1, 0.15) is 0 Å². The molecule has 0 spiro atoms. The van der Waals surface area contributed by atoms with E-state index in [4.69, 9.17) is 0 Å². The molecule has 1 N–H and O–H groups in total. The third kappa shape index (κ3) is 5.73. The number of hydrogen-bond donors (Lipinski definition) is 1. The van der Waals surface area contributed by atoms with Crippen LogP contribution in [0.1, 0.15) is 24.5 Å². The highest BCUT2D eigenvalue weighted by molar-refractivity contribution is 5.73. The molecule has 0 bridgehead atoms. The maximum Gasteiger partial charge on any atom is 0.305 e. The third-order valence-corrected chi connectivity index (χ3v) is 2.49. The molecule has 0 aliphatic rings. The zero-order valence-corrected chi connectivity index (χ0v) is 11.2. The van der Waals surface area contributed by atoms with Crippen molar-refractivity contribution in [1.29, 1.82) is 0 Å². The summed E-state index contributed by atoms with van der Waals surface area (Å²) in [6.07, 6.45) is 0.929. The van der Waals surface area contributed by atoms with Gasteiger partial charge in [0.05, 0.1) is 13.7 Å². The molecule has 0 aliphatic carbocycles. The molecule has 1 aromatic carbocycles. The van der Waals surface area contributed by atoms with Gasteiger partial charge in [0, 0.05) is 18.9 Å². The van der Waals surface area contributed by atoms with E-state index in [0.29, 0.717) is 19.4 Å². The van der Waals surface area contributed by atoms with Gasteiger partial charge in [-0.3, -0.25) is 9.59 Å². The van der Waals surface area contributed by atoms with Crippen LogP contribution in [0.25, 0.3) is 0 Å². The topological polar surface area (TPSA) is 55.4 Å². The SMILES string of the molecule is COC(=O)CCc1ccccc1C#CCNC(C)=O. The molecule has 0 aliphatic heterocycles. The molecule has 1 aromatic rings. The predicted octanol–water partition coefficient (Wildman–Crippen LogP) is 1.28. The Labute approximate surface area is 113 Å². The Balaban J connectivity index is 2.67. The summed E-state index contributed by atoms with van der Waals surface area (Å²) in [5, 5.41) is 2.61. The smallest absolute Gasteiger partial charge is 0.305 e. The van der Waals surface area contributed by atoms with Crippen molar-refractivity contribution in [3.05, 3.63) is 35.4 Å². The molecule has 0 atom stereocenters. The first-order valence-corrected chi connectivity index (χ1v) is 6.01. The number of carbonyl (C=O) groups is 2. The Morgan fingerprint density at radius 3 is 2.74 bits per heavy atom. The van der Waals surface area contributed by atoms with E-state index < -0.39 is 0 Å². The summed E-state index contributed by atoms with van der Waals surface area (Å²) in [6, 6.07) is 7.63. The van der Waals surface area contributed by atoms with Crippen LogP contribution in [0.3, 0.4) is 0 Å². The van der Waals surface area contributed by atoms with Gasteiger partial charge in [-0.15, -0.1) is 0 Å². The lowest BCUT2D eigenvalue weighted by Gasteiger charge is -2.03. The average molecular weight is 259 g/mol. The Morgan fingerprint density at radius 1 is 1.32 bits per heavy atom. The van der Waals surface area contributed by atoms with Crippen LogP contribution < -0.4 is 5.32 Å². The number of carbonyl (C=O) groups excluding carboxylic acids is 2. The maximum atomic E-state index is 11.1. The first-order valence-electron chi connectivity index (χ1n) is 6.01. The first-order chi connectivity index (χ1) is 9.13. The quantitative estimate of drug-likeness (QED) is 0.654. The van der Waals surface area contributed by atoms with E-state index in [0.717, 1.165) is 11.1 Å². The fraction of sp³-hybridized carbons (Fsp3) is 0.333. The lowest BCUT2D eigenvalue weighted by Crippen LogP contribution is -2.19. The van der Waals surface area contributed by atoms with Crippen LogP contribution in [-0.2, 0) is 20.7 Å². The number of hydrogen-bond acceptors (Lipinski definition) is 3. The number of ether oxygens (including phenoxy) is 1. The predicted molar refractivity (Wildman–Crippen MR) is 72.3 cm³/mol. The molecule has 0 aromatic heterocycles. The second kappa shape index (κ2) is 7.93. The van der Waals surface area contributed by atoms with E-state index in [1.165, 1.54) is 14.0 Å². The Hall–Kier alpha value is -2.28. The molecule has 0 fully saturated rings. The summed E-state index contributed by atoms with van der Waals surface area (Å²) >= 11 is 0. The standard InChI is InChI=1S/C15H17NO3/c1-12(17)16-11-5-8-13-6-3-4-7-14(13)9-10-15(18)19-2/h3-4,6-7H,9-11H2,1-2H3,(H,16,17). The summed E-state index contributed by atoms with van der Waals surface area (Å²) in [4.78, 5) is 21.8. The van der Waals surface area contributed by atoms with Crippen LogP contribution in [0.2, 0.25) is 0 Å². The lowest BCUT2D eigenvalue weighted by molar-refractivity contribution is -0.140. The molecule has 100 valence electrons. The third-order valence-electron chi connectivity index (χ3n) is 2.49. The summed E-state index contributed by atoms with van der Waals surface area (Å²) in [5.74, 6) is 5.53. The van der Waals surface area contributed by atoms with Gasteiger partial charge in [-0.1, -0.05) is 30.0 Å². The summed E-state index contributed by atoms with van der Waals surface area (Å²) in [7, 11) is 1.38. The molecule has 0 unspecified atom stereocenters. The molecule has 4 heteroatoms. The van der Waals surface area contributed by atoms with Gasteiger partial charge >= 0.3 is 5.97 Å². The highest BCUT2D eigenvalue weighted by atomic mass is 16.5. The number of esters is 1. The summed E-state index contributed by atoms with van der Waals surface area (Å²) in [5.41, 5.74) is 1.87. The molecule has 0 saturated heterocycles. The number of methoxy groups -OCH3 is 1. The van der Waals surface area contributed by atoms with E-state index in [1.54, 1.807) is 0 Å². The Bertz CT molecular complexity index is 512. The largest absolute Gasteiger partial charge is 0.469 e. The monoisotopic (exact) mass is 259 g/mol. The molecule has 0 saturated carbocycles. The fourth-order valence-corrected chi connectivity index (χ4v) is 1.51. The second-order valence-corrected chi connectivity index (χ2v) is 3.94. The van der Waals surface area contributed by atoms with E-state index in [9.17, 15) is 9.59 Å². The Morgan fingerprint density at radius 2 is 2.05 bits per heavy atom. The normalized spacial score (nSPS) is 9.16. The lowest BCUT2D eigenvalue weighted by atomic mass is 10.0. The molecule has 0 radical (unpaired) electrons. The minimum Gasteiger partial charge on any atom is -0.469 e. The van der Waals surface area contributed by atoms with Crippen molar-refractivity contribution in [3.63, 3.8) is 0 Å². The van der Waals surface area contributed by atoms with Crippen molar-refractivity contribution in [3.8, 4) is 11.8 Å². The van der Waals surface area contributed by atoms with Gasteiger partial charge in [0.25, 0.3) is 0 Å². The van der Waals surface area contributed by atoms with Crippen molar-refractivity contribution in [2.45, 2.75) is 19.8 Å². The fourth-order valence-electron chi connectivity index (χ4n) is 1.51. The molecule has 0 heterocycles. The van der Waals surface area contributed by atoms with E-state index in [1.807, 2.05) is 24.3 Å². The van der Waals surface area contributed by atoms with Crippen LogP contribution in [0.15, 0.2) is 24.3 Å². The highest BCUT2D eigenvalue weighted by Crippen LogP contribution is 2.10. The Kier molecular flexibility index (Phi) is 6.17. The molecule has 1 rings (SSSR count). The van der Waals surface area contributed by atoms with Crippen LogP contribution in [0, 0.1) is 11.8 Å². The zero-order valence-electron chi connectivity index (χ0n) is 11.2. The van der Waals surface area contributed by atoms with Crippen molar-refractivity contribution >= 4 is 11.9 Å². The van der Waals surface area contributed by atoms with Crippen molar-refractivity contribution in [2.75, 3.05) is 13.7 Å². The minimum atomic E-state index is -0.235. The van der Waals surface area contributed by atoms with Crippen molar-refractivity contribution < 1.29 is 14.3 Å². The van der Waals surface area contributed by atoms with Gasteiger partial charge in [-0.05, 0) is 18.1 Å². The van der Waals surface area contributed by atoms with Gasteiger partial charge < -0.3 is 10.1 Å². The molecule has 4 nitrogen and oxygen atoms in total. The number of rotatable bonds is 4. The highest BCUT2D eigenvalue weighted by Gasteiger charge is 2.04.